The normalized spacial score (nSPS) is 26.6. The van der Waals surface area contributed by atoms with Gasteiger partial charge in [-0.3, -0.25) is 4.90 Å². The van der Waals surface area contributed by atoms with Crippen LogP contribution in [0.1, 0.15) is 67.5 Å². The molecule has 0 spiro atoms. The SMILES string of the molecule is Cc1c(C(=O)O)c2cccnc2n1[C@H](C)C1CCC(N2CC(COC3CC3)C2)CC1. The molecule has 0 radical (unpaired) electrons. The Bertz CT molecular complexity index is 921. The molecule has 3 heterocycles. The lowest BCUT2D eigenvalue weighted by molar-refractivity contribution is -0.0257. The summed E-state index contributed by atoms with van der Waals surface area (Å²) in [6.07, 6.45) is 9.72. The monoisotopic (exact) mass is 411 g/mol. The standard InChI is InChI=1S/C24H33N3O3/c1-15(27-16(2)22(24(28)29)21-4-3-11-25-23(21)27)18-5-7-19(8-6-18)26-12-17(13-26)14-30-20-9-10-20/h3-4,11,15,17-20H,5-10,12-14H2,1-2H3,(H,28,29)/t15-,18?,19?/m1/s1. The fourth-order valence-electron chi connectivity index (χ4n) is 5.71. The predicted octanol–water partition coefficient (Wildman–Crippen LogP) is 4.27. The second-order valence-electron chi connectivity index (χ2n) is 9.67. The molecule has 2 saturated carbocycles. The molecule has 0 unspecified atom stereocenters. The highest BCUT2D eigenvalue weighted by Crippen LogP contribution is 2.39. The Morgan fingerprint density at radius 1 is 1.23 bits per heavy atom. The summed E-state index contributed by atoms with van der Waals surface area (Å²) in [5, 5.41) is 10.5. The number of hydrogen-bond acceptors (Lipinski definition) is 4. The van der Waals surface area contributed by atoms with Crippen molar-refractivity contribution in [1.82, 2.24) is 14.5 Å². The molecule has 6 nitrogen and oxygen atoms in total. The highest BCUT2D eigenvalue weighted by molar-refractivity contribution is 6.04. The molecule has 6 heteroatoms. The van der Waals surface area contributed by atoms with Crippen molar-refractivity contribution in [3.05, 3.63) is 29.6 Å². The first kappa shape index (κ1) is 20.0. The summed E-state index contributed by atoms with van der Waals surface area (Å²) >= 11 is 0. The van der Waals surface area contributed by atoms with Crippen LogP contribution in [0.4, 0.5) is 0 Å². The number of aromatic carboxylic acids is 1. The summed E-state index contributed by atoms with van der Waals surface area (Å²) in [6.45, 7) is 7.52. The quantitative estimate of drug-likeness (QED) is 0.737. The number of hydrogen-bond donors (Lipinski definition) is 1. The first-order valence-corrected chi connectivity index (χ1v) is 11.6. The molecule has 30 heavy (non-hydrogen) atoms. The van der Waals surface area contributed by atoms with Gasteiger partial charge in [0.2, 0.25) is 0 Å². The number of pyridine rings is 1. The number of rotatable bonds is 7. The maximum atomic E-state index is 11.9. The summed E-state index contributed by atoms with van der Waals surface area (Å²) in [4.78, 5) is 19.1. The van der Waals surface area contributed by atoms with E-state index in [-0.39, 0.29) is 6.04 Å². The van der Waals surface area contributed by atoms with Crippen LogP contribution in [0.2, 0.25) is 0 Å². The van der Waals surface area contributed by atoms with Gasteiger partial charge in [0.05, 0.1) is 18.3 Å². The molecule has 3 aliphatic rings. The lowest BCUT2D eigenvalue weighted by atomic mass is 9.80. The Morgan fingerprint density at radius 3 is 2.63 bits per heavy atom. The van der Waals surface area contributed by atoms with Crippen molar-refractivity contribution in [2.45, 2.75) is 70.6 Å². The van der Waals surface area contributed by atoms with Crippen LogP contribution in [-0.2, 0) is 4.74 Å². The molecule has 1 saturated heterocycles. The van der Waals surface area contributed by atoms with E-state index in [0.29, 0.717) is 23.6 Å². The van der Waals surface area contributed by atoms with Crippen molar-refractivity contribution in [1.29, 1.82) is 0 Å². The van der Waals surface area contributed by atoms with Gasteiger partial charge in [-0.1, -0.05) is 0 Å². The minimum Gasteiger partial charge on any atom is -0.478 e. The number of carbonyl (C=O) groups is 1. The molecule has 5 rings (SSSR count). The number of carboxylic acids is 1. The summed E-state index contributed by atoms with van der Waals surface area (Å²) in [6, 6.07) is 4.67. The Hall–Kier alpha value is -1.92. The van der Waals surface area contributed by atoms with Gasteiger partial charge < -0.3 is 14.4 Å². The van der Waals surface area contributed by atoms with Crippen LogP contribution < -0.4 is 0 Å². The molecule has 0 amide bonds. The molecule has 2 aromatic heterocycles. The van der Waals surface area contributed by atoms with Crippen molar-refractivity contribution in [3.63, 3.8) is 0 Å². The third-order valence-corrected chi connectivity index (χ3v) is 7.65. The van der Waals surface area contributed by atoms with Gasteiger partial charge in [-0.15, -0.1) is 0 Å². The predicted molar refractivity (Wildman–Crippen MR) is 116 cm³/mol. The van der Waals surface area contributed by atoms with Gasteiger partial charge in [0, 0.05) is 48.4 Å². The van der Waals surface area contributed by atoms with Crippen molar-refractivity contribution in [3.8, 4) is 0 Å². The zero-order chi connectivity index (χ0) is 20.8. The fourth-order valence-corrected chi connectivity index (χ4v) is 5.71. The lowest BCUT2D eigenvalue weighted by Crippen LogP contribution is -2.54. The molecule has 2 aliphatic carbocycles. The van der Waals surface area contributed by atoms with Crippen LogP contribution in [0.25, 0.3) is 11.0 Å². The molecule has 1 N–H and O–H groups in total. The molecule has 1 atom stereocenters. The van der Waals surface area contributed by atoms with Crippen molar-refractivity contribution >= 4 is 17.0 Å². The number of nitrogens with zero attached hydrogens (tertiary/aromatic N) is 3. The summed E-state index contributed by atoms with van der Waals surface area (Å²) in [7, 11) is 0. The Kier molecular flexibility index (Phi) is 5.31. The van der Waals surface area contributed by atoms with E-state index in [9.17, 15) is 9.90 Å². The number of likely N-dealkylation sites (tertiary alicyclic amines) is 1. The Morgan fingerprint density at radius 2 is 1.97 bits per heavy atom. The fraction of sp³-hybridized carbons (Fsp3) is 0.667. The minimum atomic E-state index is -0.863. The van der Waals surface area contributed by atoms with Crippen molar-refractivity contribution < 1.29 is 14.6 Å². The molecule has 162 valence electrons. The van der Waals surface area contributed by atoms with Gasteiger partial charge in [-0.2, -0.15) is 0 Å². The second kappa shape index (κ2) is 7.97. The largest absolute Gasteiger partial charge is 0.478 e. The van der Waals surface area contributed by atoms with Gasteiger partial charge in [-0.25, -0.2) is 9.78 Å². The summed E-state index contributed by atoms with van der Waals surface area (Å²) < 4.78 is 8.06. The highest BCUT2D eigenvalue weighted by Gasteiger charge is 2.37. The number of carboxylic acid groups (broad SMARTS) is 1. The van der Waals surface area contributed by atoms with Crippen LogP contribution >= 0.6 is 0 Å². The van der Waals surface area contributed by atoms with Crippen LogP contribution in [0, 0.1) is 18.8 Å². The van der Waals surface area contributed by atoms with Gasteiger partial charge in [0.25, 0.3) is 0 Å². The van der Waals surface area contributed by atoms with Crippen LogP contribution in [0.15, 0.2) is 18.3 Å². The van der Waals surface area contributed by atoms with E-state index in [0.717, 1.165) is 29.3 Å². The van der Waals surface area contributed by atoms with E-state index >= 15 is 0 Å². The second-order valence-corrected chi connectivity index (χ2v) is 9.67. The minimum absolute atomic E-state index is 0.257. The van der Waals surface area contributed by atoms with Crippen LogP contribution in [-0.4, -0.2) is 57.4 Å². The third kappa shape index (κ3) is 3.65. The zero-order valence-corrected chi connectivity index (χ0v) is 18.1. The smallest absolute Gasteiger partial charge is 0.338 e. The summed E-state index contributed by atoms with van der Waals surface area (Å²) in [5.41, 5.74) is 2.04. The van der Waals surface area contributed by atoms with Crippen molar-refractivity contribution in [2.75, 3.05) is 19.7 Å². The zero-order valence-electron chi connectivity index (χ0n) is 18.1. The molecule has 0 aromatic carbocycles. The molecule has 2 aromatic rings. The highest BCUT2D eigenvalue weighted by atomic mass is 16.5. The van der Waals surface area contributed by atoms with Gasteiger partial charge >= 0.3 is 5.97 Å². The van der Waals surface area contributed by atoms with E-state index < -0.39 is 5.97 Å². The van der Waals surface area contributed by atoms with E-state index in [1.165, 1.54) is 51.6 Å². The maximum Gasteiger partial charge on any atom is 0.338 e. The molecular formula is C24H33N3O3. The van der Waals surface area contributed by atoms with Crippen molar-refractivity contribution in [2.24, 2.45) is 11.8 Å². The van der Waals surface area contributed by atoms with E-state index in [1.807, 2.05) is 19.1 Å². The molecule has 1 aliphatic heterocycles. The van der Waals surface area contributed by atoms with Crippen LogP contribution in [0.3, 0.4) is 0 Å². The average Bonchev–Trinajstić information content (AvgIpc) is 3.48. The number of fused-ring (bicyclic) bond motifs is 1. The van der Waals surface area contributed by atoms with Gasteiger partial charge in [0.1, 0.15) is 5.65 Å². The Labute approximate surface area is 178 Å². The number of ether oxygens (including phenoxy) is 1. The first-order chi connectivity index (χ1) is 14.5. The molecule has 3 fully saturated rings. The topological polar surface area (TPSA) is 67.6 Å². The van der Waals surface area contributed by atoms with E-state index in [1.54, 1.807) is 6.20 Å². The number of aromatic nitrogens is 2. The van der Waals surface area contributed by atoms with Gasteiger partial charge in [0.15, 0.2) is 0 Å². The molecule has 0 bridgehead atoms. The average molecular weight is 412 g/mol. The van der Waals surface area contributed by atoms with Crippen LogP contribution in [0.5, 0.6) is 0 Å². The lowest BCUT2D eigenvalue weighted by Gasteiger charge is -2.47. The summed E-state index contributed by atoms with van der Waals surface area (Å²) in [5.74, 6) is 0.435. The van der Waals surface area contributed by atoms with E-state index in [4.69, 9.17) is 4.74 Å². The third-order valence-electron chi connectivity index (χ3n) is 7.65. The molecular weight excluding hydrogens is 378 g/mol. The van der Waals surface area contributed by atoms with Gasteiger partial charge in [-0.05, 0) is 70.4 Å². The first-order valence-electron chi connectivity index (χ1n) is 11.6. The van der Waals surface area contributed by atoms with E-state index in [2.05, 4.69) is 21.4 Å². The Balaban J connectivity index is 1.22. The maximum absolute atomic E-state index is 11.9.